The smallest absolute Gasteiger partial charge is 0.404 e. The number of halogens is 3. The van der Waals surface area contributed by atoms with Crippen LogP contribution in [0.2, 0.25) is 0 Å². The molecule has 1 fully saturated rings. The summed E-state index contributed by atoms with van der Waals surface area (Å²) in [6, 6.07) is 11.6. The van der Waals surface area contributed by atoms with Crippen molar-refractivity contribution >= 4 is 23.2 Å². The van der Waals surface area contributed by atoms with Crippen molar-refractivity contribution in [3.05, 3.63) is 54.1 Å². The third kappa shape index (κ3) is 4.14. The van der Waals surface area contributed by atoms with Gasteiger partial charge < -0.3 is 15.0 Å². The van der Waals surface area contributed by atoms with Gasteiger partial charge in [-0.05, 0) is 42.8 Å². The standard InChI is InChI=1S/C18H15F3N2O3/c19-18(20,21)26-15-5-2-1-4-14(15)22-17(25)12-7-9-13(10-8-12)23-11-3-6-16(23)24/h1-2,4-5,7-10H,3,6,11H2,(H,22,25). The molecule has 1 aliphatic rings. The SMILES string of the molecule is O=C(Nc1ccccc1OC(F)(F)F)c1ccc(N2CCCC2=O)cc1. The lowest BCUT2D eigenvalue weighted by Gasteiger charge is -2.16. The minimum absolute atomic E-state index is 0.0282. The number of carbonyl (C=O) groups excluding carboxylic acids is 2. The number of amides is 2. The van der Waals surface area contributed by atoms with E-state index in [1.54, 1.807) is 17.0 Å². The molecule has 5 nitrogen and oxygen atoms in total. The number of hydrogen-bond donors (Lipinski definition) is 1. The van der Waals surface area contributed by atoms with Gasteiger partial charge in [0.2, 0.25) is 5.91 Å². The van der Waals surface area contributed by atoms with Crippen LogP contribution in [0.4, 0.5) is 24.5 Å². The number of rotatable bonds is 4. The minimum atomic E-state index is -4.86. The maximum Gasteiger partial charge on any atom is 0.573 e. The van der Waals surface area contributed by atoms with Gasteiger partial charge in [0.15, 0.2) is 5.75 Å². The molecule has 8 heteroatoms. The quantitative estimate of drug-likeness (QED) is 0.893. The summed E-state index contributed by atoms with van der Waals surface area (Å²) in [5, 5.41) is 2.40. The Kier molecular flexibility index (Phi) is 4.83. The molecule has 2 aromatic carbocycles. The molecule has 0 spiro atoms. The predicted molar refractivity (Wildman–Crippen MR) is 89.1 cm³/mol. The van der Waals surface area contributed by atoms with Crippen LogP contribution >= 0.6 is 0 Å². The number of anilines is 2. The number of alkyl halides is 3. The van der Waals surface area contributed by atoms with Crippen LogP contribution in [0.5, 0.6) is 5.75 Å². The molecule has 1 saturated heterocycles. The van der Waals surface area contributed by atoms with E-state index in [1.165, 1.54) is 30.3 Å². The molecule has 1 N–H and O–H groups in total. The van der Waals surface area contributed by atoms with E-state index < -0.39 is 18.0 Å². The Labute approximate surface area is 147 Å². The number of carbonyl (C=O) groups is 2. The number of hydrogen-bond acceptors (Lipinski definition) is 3. The van der Waals surface area contributed by atoms with Crippen molar-refractivity contribution in [2.45, 2.75) is 19.2 Å². The maximum atomic E-state index is 12.4. The van der Waals surface area contributed by atoms with Gasteiger partial charge >= 0.3 is 6.36 Å². The fourth-order valence-electron chi connectivity index (χ4n) is 2.69. The zero-order valence-electron chi connectivity index (χ0n) is 13.5. The van der Waals surface area contributed by atoms with Gasteiger partial charge in [-0.1, -0.05) is 12.1 Å². The molecule has 0 aliphatic carbocycles. The van der Waals surface area contributed by atoms with Crippen LogP contribution < -0.4 is 15.0 Å². The number of ether oxygens (including phenoxy) is 1. The fraction of sp³-hybridized carbons (Fsp3) is 0.222. The van der Waals surface area contributed by atoms with Crippen molar-refractivity contribution in [1.29, 1.82) is 0 Å². The van der Waals surface area contributed by atoms with Crippen LogP contribution in [-0.4, -0.2) is 24.7 Å². The molecule has 2 aromatic rings. The first kappa shape index (κ1) is 17.8. The topological polar surface area (TPSA) is 58.6 Å². The molecule has 136 valence electrons. The number of para-hydroxylation sites is 2. The molecule has 3 rings (SSSR count). The number of nitrogens with zero attached hydrogens (tertiary/aromatic N) is 1. The van der Waals surface area contributed by atoms with Crippen molar-refractivity contribution in [2.75, 3.05) is 16.8 Å². The summed E-state index contributed by atoms with van der Waals surface area (Å²) >= 11 is 0. The van der Waals surface area contributed by atoms with Gasteiger partial charge in [-0.15, -0.1) is 13.2 Å². The van der Waals surface area contributed by atoms with Gasteiger partial charge in [0.05, 0.1) is 5.69 Å². The highest BCUT2D eigenvalue weighted by Gasteiger charge is 2.32. The van der Waals surface area contributed by atoms with Crippen molar-refractivity contribution in [3.63, 3.8) is 0 Å². The van der Waals surface area contributed by atoms with Crippen molar-refractivity contribution < 1.29 is 27.5 Å². The number of nitrogens with one attached hydrogen (secondary N) is 1. The van der Waals surface area contributed by atoms with E-state index in [9.17, 15) is 22.8 Å². The summed E-state index contributed by atoms with van der Waals surface area (Å²) in [6.45, 7) is 0.631. The fourth-order valence-corrected chi connectivity index (χ4v) is 2.69. The molecule has 0 saturated carbocycles. The van der Waals surface area contributed by atoms with E-state index >= 15 is 0 Å². The first-order valence-corrected chi connectivity index (χ1v) is 7.90. The second-order valence-electron chi connectivity index (χ2n) is 5.69. The van der Waals surface area contributed by atoms with E-state index in [0.29, 0.717) is 18.7 Å². The second kappa shape index (κ2) is 7.07. The zero-order chi connectivity index (χ0) is 18.7. The molecular formula is C18H15F3N2O3. The summed E-state index contributed by atoms with van der Waals surface area (Å²) < 4.78 is 41.2. The Morgan fingerprint density at radius 3 is 2.38 bits per heavy atom. The molecule has 0 bridgehead atoms. The Bertz CT molecular complexity index is 819. The van der Waals surface area contributed by atoms with Crippen molar-refractivity contribution in [2.24, 2.45) is 0 Å². The van der Waals surface area contributed by atoms with E-state index in [0.717, 1.165) is 12.5 Å². The third-order valence-electron chi connectivity index (χ3n) is 3.88. The van der Waals surface area contributed by atoms with Crippen LogP contribution in [0.25, 0.3) is 0 Å². The molecule has 0 atom stereocenters. The van der Waals surface area contributed by atoms with E-state index in [1.807, 2.05) is 0 Å². The Hall–Kier alpha value is -3.03. The monoisotopic (exact) mass is 364 g/mol. The summed E-state index contributed by atoms with van der Waals surface area (Å²) in [6.07, 6.45) is -3.57. The lowest BCUT2D eigenvalue weighted by molar-refractivity contribution is -0.274. The molecule has 0 unspecified atom stereocenters. The highest BCUT2D eigenvalue weighted by atomic mass is 19.4. The Morgan fingerprint density at radius 2 is 1.77 bits per heavy atom. The molecule has 1 aliphatic heterocycles. The van der Waals surface area contributed by atoms with Crippen molar-refractivity contribution in [3.8, 4) is 5.75 Å². The summed E-state index contributed by atoms with van der Waals surface area (Å²) in [5.74, 6) is -1.05. The average Bonchev–Trinajstić information content (AvgIpc) is 3.01. The van der Waals surface area contributed by atoms with E-state index in [4.69, 9.17) is 0 Å². The normalized spacial score (nSPS) is 14.4. The van der Waals surface area contributed by atoms with Crippen LogP contribution in [-0.2, 0) is 4.79 Å². The van der Waals surface area contributed by atoms with Gasteiger partial charge in [-0.25, -0.2) is 0 Å². The zero-order valence-corrected chi connectivity index (χ0v) is 13.5. The van der Waals surface area contributed by atoms with E-state index in [2.05, 4.69) is 10.1 Å². The molecule has 2 amide bonds. The van der Waals surface area contributed by atoms with Gasteiger partial charge in [-0.3, -0.25) is 9.59 Å². The van der Waals surface area contributed by atoms with E-state index in [-0.39, 0.29) is 17.2 Å². The molecule has 0 radical (unpaired) electrons. The Morgan fingerprint density at radius 1 is 1.08 bits per heavy atom. The largest absolute Gasteiger partial charge is 0.573 e. The van der Waals surface area contributed by atoms with Crippen LogP contribution in [0, 0.1) is 0 Å². The van der Waals surface area contributed by atoms with Gasteiger partial charge in [0, 0.05) is 24.2 Å². The molecule has 0 aromatic heterocycles. The highest BCUT2D eigenvalue weighted by molar-refractivity contribution is 6.05. The van der Waals surface area contributed by atoms with Crippen molar-refractivity contribution in [1.82, 2.24) is 0 Å². The van der Waals surface area contributed by atoms with Gasteiger partial charge in [-0.2, -0.15) is 0 Å². The third-order valence-corrected chi connectivity index (χ3v) is 3.88. The first-order chi connectivity index (χ1) is 12.3. The van der Waals surface area contributed by atoms with Crippen LogP contribution in [0.15, 0.2) is 48.5 Å². The first-order valence-electron chi connectivity index (χ1n) is 7.90. The minimum Gasteiger partial charge on any atom is -0.404 e. The lowest BCUT2D eigenvalue weighted by atomic mass is 10.1. The number of benzene rings is 2. The van der Waals surface area contributed by atoms with Crippen LogP contribution in [0.1, 0.15) is 23.2 Å². The summed E-state index contributed by atoms with van der Waals surface area (Å²) in [7, 11) is 0. The van der Waals surface area contributed by atoms with Crippen LogP contribution in [0.3, 0.4) is 0 Å². The second-order valence-corrected chi connectivity index (χ2v) is 5.69. The van der Waals surface area contributed by atoms with Gasteiger partial charge in [0.1, 0.15) is 0 Å². The molecular weight excluding hydrogens is 349 g/mol. The molecule has 1 heterocycles. The Balaban J connectivity index is 1.73. The highest BCUT2D eigenvalue weighted by Crippen LogP contribution is 2.30. The summed E-state index contributed by atoms with van der Waals surface area (Å²) in [4.78, 5) is 25.7. The summed E-state index contributed by atoms with van der Waals surface area (Å²) in [5.41, 5.74) is 0.848. The van der Waals surface area contributed by atoms with Gasteiger partial charge in [0.25, 0.3) is 5.91 Å². The predicted octanol–water partition coefficient (Wildman–Crippen LogP) is 3.96. The maximum absolute atomic E-state index is 12.4. The lowest BCUT2D eigenvalue weighted by Crippen LogP contribution is -2.23. The average molecular weight is 364 g/mol. The molecule has 26 heavy (non-hydrogen) atoms.